The summed E-state index contributed by atoms with van der Waals surface area (Å²) in [5.74, 6) is -0.411. The molecule has 6 rings (SSSR count). The maximum atomic E-state index is 13.1. The number of carbonyl (C=O) groups excluding carboxylic acids is 2. The molecule has 1 aliphatic carbocycles. The average Bonchev–Trinajstić information content (AvgIpc) is 3.62. The van der Waals surface area contributed by atoms with E-state index in [1.165, 1.54) is 31.9 Å². The SMILES string of the molecule is COC(=O)c1ccc2c(C3CCCCC3)c(-c3cccc4cc(C(=O)OCc5ccccc5)[nH]c34)n(CCCO)c2c1. The lowest BCUT2D eigenvalue weighted by Crippen LogP contribution is -2.08. The van der Waals surface area contributed by atoms with Crippen molar-refractivity contribution in [3.05, 3.63) is 95.2 Å². The first-order valence-electron chi connectivity index (χ1n) is 14.8. The molecule has 0 aliphatic heterocycles. The molecule has 7 nitrogen and oxygen atoms in total. The topological polar surface area (TPSA) is 93.6 Å². The highest BCUT2D eigenvalue weighted by atomic mass is 16.5. The molecule has 1 aliphatic rings. The van der Waals surface area contributed by atoms with Gasteiger partial charge in [-0.25, -0.2) is 9.59 Å². The predicted molar refractivity (Wildman–Crippen MR) is 164 cm³/mol. The van der Waals surface area contributed by atoms with Gasteiger partial charge in [-0.05, 0) is 54.5 Å². The molecule has 0 unspecified atom stereocenters. The minimum absolute atomic E-state index is 0.0542. The van der Waals surface area contributed by atoms with Crippen LogP contribution in [0.5, 0.6) is 0 Å². The van der Waals surface area contributed by atoms with E-state index in [4.69, 9.17) is 9.47 Å². The minimum Gasteiger partial charge on any atom is -0.465 e. The predicted octanol–water partition coefficient (Wildman–Crippen LogP) is 7.36. The summed E-state index contributed by atoms with van der Waals surface area (Å²) in [5, 5.41) is 11.9. The lowest BCUT2D eigenvalue weighted by atomic mass is 9.81. The lowest BCUT2D eigenvalue weighted by Gasteiger charge is -2.24. The molecule has 1 saturated carbocycles. The molecule has 216 valence electrons. The Morgan fingerprint density at radius 2 is 1.76 bits per heavy atom. The van der Waals surface area contributed by atoms with E-state index >= 15 is 0 Å². The van der Waals surface area contributed by atoms with Crippen LogP contribution in [0.25, 0.3) is 33.1 Å². The van der Waals surface area contributed by atoms with Crippen LogP contribution in [0.3, 0.4) is 0 Å². The first kappa shape index (κ1) is 27.8. The van der Waals surface area contributed by atoms with Crippen molar-refractivity contribution in [2.45, 2.75) is 57.6 Å². The second-order valence-electron chi connectivity index (χ2n) is 11.1. The normalized spacial score (nSPS) is 14.0. The van der Waals surface area contributed by atoms with E-state index in [-0.39, 0.29) is 19.2 Å². The summed E-state index contributed by atoms with van der Waals surface area (Å²) >= 11 is 0. The van der Waals surface area contributed by atoms with E-state index < -0.39 is 5.97 Å². The molecule has 2 N–H and O–H groups in total. The number of aliphatic hydroxyl groups is 1. The van der Waals surface area contributed by atoms with Crippen LogP contribution in [0.4, 0.5) is 0 Å². The summed E-state index contributed by atoms with van der Waals surface area (Å²) in [6, 6.07) is 23.4. The van der Waals surface area contributed by atoms with Crippen LogP contribution in [0.2, 0.25) is 0 Å². The van der Waals surface area contributed by atoms with E-state index in [1.807, 2.05) is 66.7 Å². The zero-order valence-electron chi connectivity index (χ0n) is 23.9. The zero-order valence-corrected chi connectivity index (χ0v) is 23.9. The first-order valence-corrected chi connectivity index (χ1v) is 14.8. The Kier molecular flexibility index (Phi) is 8.11. The highest BCUT2D eigenvalue weighted by Crippen LogP contribution is 2.46. The molecule has 0 amide bonds. The third-order valence-electron chi connectivity index (χ3n) is 8.42. The molecular weight excluding hydrogens is 528 g/mol. The van der Waals surface area contributed by atoms with Gasteiger partial charge in [-0.2, -0.15) is 0 Å². The van der Waals surface area contributed by atoms with Gasteiger partial charge in [0.15, 0.2) is 0 Å². The molecule has 42 heavy (non-hydrogen) atoms. The summed E-state index contributed by atoms with van der Waals surface area (Å²) in [4.78, 5) is 29.0. The summed E-state index contributed by atoms with van der Waals surface area (Å²) in [5.41, 5.74) is 6.98. The Bertz CT molecular complexity index is 1730. The van der Waals surface area contributed by atoms with Gasteiger partial charge in [-0.1, -0.05) is 73.9 Å². The second-order valence-corrected chi connectivity index (χ2v) is 11.1. The molecule has 2 aromatic heterocycles. The number of aliphatic hydroxyl groups excluding tert-OH is 1. The van der Waals surface area contributed by atoms with Gasteiger partial charge >= 0.3 is 11.9 Å². The van der Waals surface area contributed by atoms with E-state index in [0.717, 1.165) is 51.5 Å². The van der Waals surface area contributed by atoms with Crippen LogP contribution < -0.4 is 0 Å². The lowest BCUT2D eigenvalue weighted by molar-refractivity contribution is 0.0466. The average molecular weight is 565 g/mol. The highest BCUT2D eigenvalue weighted by Gasteiger charge is 2.28. The number of aromatic nitrogens is 2. The Morgan fingerprint density at radius 1 is 0.952 bits per heavy atom. The van der Waals surface area contributed by atoms with Crippen LogP contribution in [-0.4, -0.2) is 40.3 Å². The summed E-state index contributed by atoms with van der Waals surface area (Å²) in [7, 11) is 1.39. The number of rotatable bonds is 9. The number of aryl methyl sites for hydroxylation is 1. The molecule has 2 heterocycles. The monoisotopic (exact) mass is 564 g/mol. The number of aromatic amines is 1. The van der Waals surface area contributed by atoms with Gasteiger partial charge in [0.1, 0.15) is 12.3 Å². The second kappa shape index (κ2) is 12.2. The van der Waals surface area contributed by atoms with Gasteiger partial charge in [-0.3, -0.25) is 0 Å². The number of H-pyrrole nitrogens is 1. The third-order valence-corrected chi connectivity index (χ3v) is 8.42. The molecule has 7 heteroatoms. The molecule has 0 radical (unpaired) electrons. The van der Waals surface area contributed by atoms with Crippen molar-refractivity contribution in [3.8, 4) is 11.3 Å². The molecule has 0 saturated heterocycles. The van der Waals surface area contributed by atoms with Crippen LogP contribution in [0, 0.1) is 0 Å². The Balaban J connectivity index is 1.51. The number of esters is 2. The number of methoxy groups -OCH3 is 1. The zero-order chi connectivity index (χ0) is 29.1. The quantitative estimate of drug-likeness (QED) is 0.182. The van der Waals surface area contributed by atoms with Crippen LogP contribution >= 0.6 is 0 Å². The number of para-hydroxylation sites is 1. The molecule has 5 aromatic rings. The maximum Gasteiger partial charge on any atom is 0.355 e. The van der Waals surface area contributed by atoms with Gasteiger partial charge < -0.3 is 24.1 Å². The Labute approximate surface area is 245 Å². The van der Waals surface area contributed by atoms with E-state index in [1.54, 1.807) is 0 Å². The molecule has 0 spiro atoms. The number of nitrogens with one attached hydrogen (secondary N) is 1. The van der Waals surface area contributed by atoms with Gasteiger partial charge in [0.25, 0.3) is 0 Å². The molecule has 3 aromatic carbocycles. The summed E-state index contributed by atoms with van der Waals surface area (Å²) in [6.07, 6.45) is 6.37. The fraction of sp³-hybridized carbons (Fsp3) is 0.314. The third kappa shape index (κ3) is 5.32. The Morgan fingerprint density at radius 3 is 2.52 bits per heavy atom. The Hall–Kier alpha value is -4.36. The molecule has 1 fully saturated rings. The summed E-state index contributed by atoms with van der Waals surface area (Å²) in [6.45, 7) is 0.840. The van der Waals surface area contributed by atoms with Gasteiger partial charge in [-0.15, -0.1) is 0 Å². The van der Waals surface area contributed by atoms with Crippen LogP contribution in [0.1, 0.15) is 76.4 Å². The highest BCUT2D eigenvalue weighted by molar-refractivity contribution is 6.04. The smallest absolute Gasteiger partial charge is 0.355 e. The molecule has 0 bridgehead atoms. The number of carbonyl (C=O) groups is 2. The van der Waals surface area contributed by atoms with Crippen LogP contribution in [-0.2, 0) is 22.6 Å². The van der Waals surface area contributed by atoms with Crippen molar-refractivity contribution in [2.24, 2.45) is 0 Å². The number of ether oxygens (including phenoxy) is 2. The van der Waals surface area contributed by atoms with E-state index in [2.05, 4.69) is 15.6 Å². The number of hydrogen-bond donors (Lipinski definition) is 2. The minimum atomic E-state index is -0.406. The largest absolute Gasteiger partial charge is 0.465 e. The molecular formula is C35H36N2O5. The van der Waals surface area contributed by atoms with Crippen molar-refractivity contribution >= 4 is 33.7 Å². The molecule has 0 atom stereocenters. The van der Waals surface area contributed by atoms with E-state index in [0.29, 0.717) is 30.1 Å². The number of benzene rings is 3. The van der Waals surface area contributed by atoms with Crippen molar-refractivity contribution in [2.75, 3.05) is 13.7 Å². The number of fused-ring (bicyclic) bond motifs is 2. The van der Waals surface area contributed by atoms with Crippen molar-refractivity contribution < 1.29 is 24.2 Å². The standard InChI is InChI=1S/C35H36N2O5/c1-41-34(39)26-16-17-27-30(21-26)37(18-9-19-38)33(31(27)24-12-6-3-7-13-24)28-15-8-14-25-20-29(36-32(25)28)35(40)42-22-23-10-4-2-5-11-23/h2,4-5,8,10-11,14-17,20-21,24,36,38H,3,6-7,9,12-13,18-19,22H2,1H3. The van der Waals surface area contributed by atoms with Gasteiger partial charge in [0.05, 0.1) is 23.9 Å². The summed E-state index contributed by atoms with van der Waals surface area (Å²) < 4.78 is 12.9. The fourth-order valence-electron chi connectivity index (χ4n) is 6.44. The maximum absolute atomic E-state index is 13.1. The van der Waals surface area contributed by atoms with Gasteiger partial charge in [0, 0.05) is 35.0 Å². The fourth-order valence-corrected chi connectivity index (χ4v) is 6.44. The van der Waals surface area contributed by atoms with Crippen LogP contribution in [0.15, 0.2) is 72.8 Å². The van der Waals surface area contributed by atoms with Crippen molar-refractivity contribution in [1.29, 1.82) is 0 Å². The van der Waals surface area contributed by atoms with Gasteiger partial charge in [0.2, 0.25) is 0 Å². The van der Waals surface area contributed by atoms with Crippen molar-refractivity contribution in [1.82, 2.24) is 9.55 Å². The van der Waals surface area contributed by atoms with Crippen molar-refractivity contribution in [3.63, 3.8) is 0 Å². The van der Waals surface area contributed by atoms with E-state index in [9.17, 15) is 14.7 Å². The first-order chi connectivity index (χ1) is 20.6. The number of nitrogens with zero attached hydrogens (tertiary/aromatic N) is 1. The number of hydrogen-bond acceptors (Lipinski definition) is 5.